The smallest absolute Gasteiger partial charge is 0.115 e. The van der Waals surface area contributed by atoms with Crippen molar-refractivity contribution < 1.29 is 9.84 Å². The summed E-state index contributed by atoms with van der Waals surface area (Å²) in [5.74, 6) is 0.331. The zero-order chi connectivity index (χ0) is 15.2. The van der Waals surface area contributed by atoms with Gasteiger partial charge in [0.05, 0.1) is 12.7 Å². The van der Waals surface area contributed by atoms with Crippen molar-refractivity contribution in [3.8, 4) is 5.75 Å². The van der Waals surface area contributed by atoms with Crippen LogP contribution in [0.1, 0.15) is 25.8 Å². The Hall–Kier alpha value is -1.10. The lowest BCUT2D eigenvalue weighted by atomic mass is 10.0. The maximum absolute atomic E-state index is 9.29. The van der Waals surface area contributed by atoms with Gasteiger partial charge in [-0.1, -0.05) is 12.1 Å². The van der Waals surface area contributed by atoms with Gasteiger partial charge in [0.1, 0.15) is 5.75 Å². The largest absolute Gasteiger partial charge is 0.508 e. The highest BCUT2D eigenvalue weighted by atomic mass is 16.5. The molecule has 2 rings (SSSR count). The Morgan fingerprint density at radius 1 is 1.33 bits per heavy atom. The molecule has 0 radical (unpaired) electrons. The molecular formula is C17H28N2O2. The normalized spacial score (nSPS) is 22.9. The molecule has 1 fully saturated rings. The fourth-order valence-corrected chi connectivity index (χ4v) is 2.80. The summed E-state index contributed by atoms with van der Waals surface area (Å²) in [7, 11) is 2.15. The number of phenolic OH excluding ortho intramolecular Hbond substituents is 1. The number of aryl methyl sites for hydroxylation is 1. The van der Waals surface area contributed by atoms with Gasteiger partial charge < -0.3 is 20.1 Å². The van der Waals surface area contributed by atoms with Crippen molar-refractivity contribution in [1.29, 1.82) is 0 Å². The van der Waals surface area contributed by atoms with E-state index in [-0.39, 0.29) is 6.10 Å². The number of nitrogens with one attached hydrogen (secondary N) is 1. The first-order valence-electron chi connectivity index (χ1n) is 7.88. The van der Waals surface area contributed by atoms with Crippen LogP contribution in [-0.2, 0) is 11.2 Å². The van der Waals surface area contributed by atoms with E-state index in [0.29, 0.717) is 17.8 Å². The molecule has 1 heterocycles. The molecule has 3 atom stereocenters. The fraction of sp³-hybridized carbons (Fsp3) is 0.647. The standard InChI is InChI=1S/C17H28N2O2/c1-13(4-5-15-6-8-16(20)9-7-15)18-14(2)17-12-19(3)10-11-21-17/h6-9,13-14,17-18,20H,4-5,10-12H2,1-3H3/t13-,14-,17-/m1/s1. The summed E-state index contributed by atoms with van der Waals surface area (Å²) in [4.78, 5) is 2.33. The third-order valence-electron chi connectivity index (χ3n) is 4.20. The number of benzene rings is 1. The second kappa shape index (κ2) is 7.78. The van der Waals surface area contributed by atoms with E-state index in [0.717, 1.165) is 32.5 Å². The van der Waals surface area contributed by atoms with E-state index in [1.165, 1.54) is 5.56 Å². The quantitative estimate of drug-likeness (QED) is 0.842. The Balaban J connectivity index is 1.73. The Bertz CT molecular complexity index is 421. The van der Waals surface area contributed by atoms with Crippen LogP contribution in [-0.4, -0.2) is 54.9 Å². The number of morpholine rings is 1. The summed E-state index contributed by atoms with van der Waals surface area (Å²) >= 11 is 0. The highest BCUT2D eigenvalue weighted by molar-refractivity contribution is 5.25. The summed E-state index contributed by atoms with van der Waals surface area (Å²) in [5, 5.41) is 12.9. The predicted octanol–water partition coefficient (Wildman–Crippen LogP) is 2.02. The van der Waals surface area contributed by atoms with Gasteiger partial charge in [-0.15, -0.1) is 0 Å². The molecule has 2 N–H and O–H groups in total. The molecule has 0 saturated carbocycles. The highest BCUT2D eigenvalue weighted by Crippen LogP contribution is 2.13. The summed E-state index contributed by atoms with van der Waals surface area (Å²) in [5.41, 5.74) is 1.27. The molecule has 4 heteroatoms. The van der Waals surface area contributed by atoms with Crippen LogP contribution in [0.15, 0.2) is 24.3 Å². The number of hydrogen-bond donors (Lipinski definition) is 2. The lowest BCUT2D eigenvalue weighted by molar-refractivity contribution is -0.0369. The van der Waals surface area contributed by atoms with Gasteiger partial charge in [-0.2, -0.15) is 0 Å². The third-order valence-corrected chi connectivity index (χ3v) is 4.20. The SMILES string of the molecule is C[C@H](CCc1ccc(O)cc1)N[C@H](C)[C@H]1CN(C)CCO1. The van der Waals surface area contributed by atoms with Crippen molar-refractivity contribution >= 4 is 0 Å². The lowest BCUT2D eigenvalue weighted by Crippen LogP contribution is -2.51. The van der Waals surface area contributed by atoms with Crippen LogP contribution in [0, 0.1) is 0 Å². The molecule has 118 valence electrons. The molecule has 1 saturated heterocycles. The van der Waals surface area contributed by atoms with Gasteiger partial charge in [0.25, 0.3) is 0 Å². The minimum Gasteiger partial charge on any atom is -0.508 e. The van der Waals surface area contributed by atoms with Crippen molar-refractivity contribution in [1.82, 2.24) is 10.2 Å². The third kappa shape index (κ3) is 5.30. The fourth-order valence-electron chi connectivity index (χ4n) is 2.80. The number of likely N-dealkylation sites (N-methyl/N-ethyl adjacent to an activating group) is 1. The molecular weight excluding hydrogens is 264 g/mol. The molecule has 1 aliphatic heterocycles. The van der Waals surface area contributed by atoms with Gasteiger partial charge in [0, 0.05) is 25.2 Å². The van der Waals surface area contributed by atoms with Crippen LogP contribution in [0.25, 0.3) is 0 Å². The van der Waals surface area contributed by atoms with Gasteiger partial charge >= 0.3 is 0 Å². The van der Waals surface area contributed by atoms with Gasteiger partial charge in [0.15, 0.2) is 0 Å². The average Bonchev–Trinajstić information content (AvgIpc) is 2.46. The van der Waals surface area contributed by atoms with Gasteiger partial charge in [-0.05, 0) is 51.4 Å². The van der Waals surface area contributed by atoms with Crippen LogP contribution in [0.5, 0.6) is 5.75 Å². The topological polar surface area (TPSA) is 44.7 Å². The van der Waals surface area contributed by atoms with Crippen LogP contribution >= 0.6 is 0 Å². The Kier molecular flexibility index (Phi) is 6.03. The first-order valence-corrected chi connectivity index (χ1v) is 7.88. The van der Waals surface area contributed by atoms with Crippen LogP contribution in [0.4, 0.5) is 0 Å². The Morgan fingerprint density at radius 2 is 2.05 bits per heavy atom. The van der Waals surface area contributed by atoms with E-state index in [2.05, 4.69) is 31.1 Å². The van der Waals surface area contributed by atoms with Crippen molar-refractivity contribution in [2.24, 2.45) is 0 Å². The molecule has 4 nitrogen and oxygen atoms in total. The summed E-state index contributed by atoms with van der Waals surface area (Å²) in [6, 6.07) is 8.30. The molecule has 1 aliphatic rings. The van der Waals surface area contributed by atoms with Crippen LogP contribution < -0.4 is 5.32 Å². The van der Waals surface area contributed by atoms with Crippen molar-refractivity contribution in [2.75, 3.05) is 26.7 Å². The molecule has 0 unspecified atom stereocenters. The maximum Gasteiger partial charge on any atom is 0.115 e. The van der Waals surface area contributed by atoms with Crippen molar-refractivity contribution in [3.05, 3.63) is 29.8 Å². The van der Waals surface area contributed by atoms with Crippen LogP contribution in [0.2, 0.25) is 0 Å². The lowest BCUT2D eigenvalue weighted by Gasteiger charge is -2.35. The average molecular weight is 292 g/mol. The van der Waals surface area contributed by atoms with Gasteiger partial charge in [-0.25, -0.2) is 0 Å². The minimum atomic E-state index is 0.278. The first kappa shape index (κ1) is 16.3. The van der Waals surface area contributed by atoms with Crippen molar-refractivity contribution in [2.45, 2.75) is 44.9 Å². The van der Waals surface area contributed by atoms with Crippen molar-refractivity contribution in [3.63, 3.8) is 0 Å². The van der Waals surface area contributed by atoms with Gasteiger partial charge in [-0.3, -0.25) is 0 Å². The number of aromatic hydroxyl groups is 1. The molecule has 0 aliphatic carbocycles. The zero-order valence-electron chi connectivity index (χ0n) is 13.4. The predicted molar refractivity (Wildman–Crippen MR) is 85.7 cm³/mol. The monoisotopic (exact) mass is 292 g/mol. The molecule has 1 aromatic carbocycles. The molecule has 0 bridgehead atoms. The van der Waals surface area contributed by atoms with E-state index in [1.54, 1.807) is 12.1 Å². The van der Waals surface area contributed by atoms with Gasteiger partial charge in [0.2, 0.25) is 0 Å². The summed E-state index contributed by atoms with van der Waals surface area (Å²) in [6.45, 7) is 7.29. The van der Waals surface area contributed by atoms with E-state index < -0.39 is 0 Å². The second-order valence-electron chi connectivity index (χ2n) is 6.23. The van der Waals surface area contributed by atoms with E-state index in [1.807, 2.05) is 12.1 Å². The molecule has 0 aromatic heterocycles. The Labute approximate surface area is 128 Å². The number of nitrogens with zero attached hydrogens (tertiary/aromatic N) is 1. The molecule has 0 spiro atoms. The second-order valence-corrected chi connectivity index (χ2v) is 6.23. The van der Waals surface area contributed by atoms with E-state index in [4.69, 9.17) is 4.74 Å². The summed E-state index contributed by atoms with van der Waals surface area (Å²) < 4.78 is 5.86. The van der Waals surface area contributed by atoms with Crippen LogP contribution in [0.3, 0.4) is 0 Å². The number of hydrogen-bond acceptors (Lipinski definition) is 4. The Morgan fingerprint density at radius 3 is 2.71 bits per heavy atom. The molecule has 0 amide bonds. The minimum absolute atomic E-state index is 0.278. The summed E-state index contributed by atoms with van der Waals surface area (Å²) in [6.07, 6.45) is 2.38. The number of rotatable bonds is 6. The highest BCUT2D eigenvalue weighted by Gasteiger charge is 2.24. The zero-order valence-corrected chi connectivity index (χ0v) is 13.4. The maximum atomic E-state index is 9.29. The molecule has 1 aromatic rings. The van der Waals surface area contributed by atoms with E-state index >= 15 is 0 Å². The first-order chi connectivity index (χ1) is 10.0. The number of ether oxygens (including phenoxy) is 1. The van der Waals surface area contributed by atoms with E-state index in [9.17, 15) is 5.11 Å². The molecule has 21 heavy (non-hydrogen) atoms. The number of phenols is 1.